The lowest BCUT2D eigenvalue weighted by molar-refractivity contribution is -0.116. The van der Waals surface area contributed by atoms with Crippen LogP contribution in [0.25, 0.3) is 0 Å². The Bertz CT molecular complexity index is 697. The van der Waals surface area contributed by atoms with Crippen molar-refractivity contribution in [2.24, 2.45) is 0 Å². The summed E-state index contributed by atoms with van der Waals surface area (Å²) in [5.41, 5.74) is -0.225. The summed E-state index contributed by atoms with van der Waals surface area (Å²) in [5.74, 6) is 0.00243. The average Bonchev–Trinajstić information content (AvgIpc) is 2.80. The Hall–Kier alpha value is -2.64. The summed E-state index contributed by atoms with van der Waals surface area (Å²) < 4.78 is 1.10. The maximum absolute atomic E-state index is 11.7. The number of carbonyl (C=O) groups is 1. The van der Waals surface area contributed by atoms with Crippen molar-refractivity contribution in [2.45, 2.75) is 19.9 Å². The minimum atomic E-state index is -0.626. The number of anilines is 1. The molecule has 0 unspecified atom stereocenters. The van der Waals surface area contributed by atoms with Gasteiger partial charge in [0.2, 0.25) is 5.91 Å². The van der Waals surface area contributed by atoms with Crippen LogP contribution in [0.15, 0.2) is 27.9 Å². The van der Waals surface area contributed by atoms with Gasteiger partial charge in [-0.3, -0.25) is 24.2 Å². The summed E-state index contributed by atoms with van der Waals surface area (Å²) >= 11 is 0. The first-order valence-electron chi connectivity index (χ1n) is 5.72. The zero-order valence-electron chi connectivity index (χ0n) is 10.3. The van der Waals surface area contributed by atoms with E-state index in [1.165, 1.54) is 12.3 Å². The van der Waals surface area contributed by atoms with E-state index < -0.39 is 17.2 Å². The highest BCUT2D eigenvalue weighted by Gasteiger charge is 2.07. The van der Waals surface area contributed by atoms with Crippen LogP contribution >= 0.6 is 0 Å². The molecule has 8 nitrogen and oxygen atoms in total. The number of hydrogen-bond donors (Lipinski definition) is 3. The Morgan fingerprint density at radius 1 is 1.47 bits per heavy atom. The van der Waals surface area contributed by atoms with Gasteiger partial charge in [0.15, 0.2) is 5.82 Å². The standard InChI is InChI=1S/C11H13N5O3/c1-2-7-5-8(15-14-7)12-10(18)6-16-4-3-9(17)13-11(16)19/h3-5H,2,6H2,1H3,(H,13,17,19)(H2,12,14,15,18). The Labute approximate surface area is 107 Å². The molecule has 1 amide bonds. The van der Waals surface area contributed by atoms with Crippen molar-refractivity contribution >= 4 is 11.7 Å². The van der Waals surface area contributed by atoms with Crippen LogP contribution in [0.2, 0.25) is 0 Å². The molecule has 0 spiro atoms. The SMILES string of the molecule is CCc1cc(NC(=O)Cn2ccc(=O)[nH]c2=O)n[nH]1. The van der Waals surface area contributed by atoms with Crippen molar-refractivity contribution in [3.63, 3.8) is 0 Å². The number of amides is 1. The van der Waals surface area contributed by atoms with Crippen molar-refractivity contribution < 1.29 is 4.79 Å². The molecule has 2 heterocycles. The normalized spacial score (nSPS) is 10.4. The molecule has 0 bridgehead atoms. The molecule has 2 aromatic rings. The summed E-state index contributed by atoms with van der Waals surface area (Å²) in [5, 5.41) is 9.22. The largest absolute Gasteiger partial charge is 0.328 e. The molecule has 0 radical (unpaired) electrons. The number of rotatable bonds is 4. The van der Waals surface area contributed by atoms with Gasteiger partial charge in [-0.25, -0.2) is 4.79 Å². The number of aromatic nitrogens is 4. The van der Waals surface area contributed by atoms with Gasteiger partial charge in [-0.05, 0) is 6.42 Å². The minimum Gasteiger partial charge on any atom is -0.308 e. The lowest BCUT2D eigenvalue weighted by Crippen LogP contribution is -2.32. The summed E-state index contributed by atoms with van der Waals surface area (Å²) in [7, 11) is 0. The molecule has 0 aromatic carbocycles. The van der Waals surface area contributed by atoms with E-state index in [9.17, 15) is 14.4 Å². The molecule has 3 N–H and O–H groups in total. The molecule has 0 atom stereocenters. The van der Waals surface area contributed by atoms with Gasteiger partial charge in [0.25, 0.3) is 5.56 Å². The average molecular weight is 263 g/mol. The Morgan fingerprint density at radius 3 is 2.89 bits per heavy atom. The van der Waals surface area contributed by atoms with Gasteiger partial charge in [0.05, 0.1) is 0 Å². The lowest BCUT2D eigenvalue weighted by Gasteiger charge is -2.03. The molecule has 8 heteroatoms. The van der Waals surface area contributed by atoms with E-state index in [2.05, 4.69) is 20.5 Å². The van der Waals surface area contributed by atoms with E-state index in [1.807, 2.05) is 6.92 Å². The number of aryl methyl sites for hydroxylation is 1. The first-order chi connectivity index (χ1) is 9.08. The van der Waals surface area contributed by atoms with Crippen LogP contribution in [0.5, 0.6) is 0 Å². The van der Waals surface area contributed by atoms with Crippen molar-refractivity contribution in [2.75, 3.05) is 5.32 Å². The lowest BCUT2D eigenvalue weighted by atomic mass is 10.3. The first-order valence-corrected chi connectivity index (χ1v) is 5.72. The van der Waals surface area contributed by atoms with Crippen LogP contribution in [0.3, 0.4) is 0 Å². The van der Waals surface area contributed by atoms with E-state index in [1.54, 1.807) is 6.07 Å². The van der Waals surface area contributed by atoms with Crippen molar-refractivity contribution in [3.8, 4) is 0 Å². The summed E-state index contributed by atoms with van der Waals surface area (Å²) in [6.45, 7) is 1.77. The molecule has 0 aliphatic heterocycles. The summed E-state index contributed by atoms with van der Waals surface area (Å²) in [4.78, 5) is 36.0. The third-order valence-electron chi connectivity index (χ3n) is 2.49. The van der Waals surface area contributed by atoms with Gasteiger partial charge in [0.1, 0.15) is 6.54 Å². The molecule has 2 aromatic heterocycles. The zero-order chi connectivity index (χ0) is 13.8. The van der Waals surface area contributed by atoms with E-state index in [4.69, 9.17) is 0 Å². The molecule has 0 aliphatic rings. The van der Waals surface area contributed by atoms with Crippen LogP contribution in [-0.4, -0.2) is 25.7 Å². The Balaban J connectivity index is 2.05. The predicted octanol–water partition coefficient (Wildman–Crippen LogP) is -0.539. The van der Waals surface area contributed by atoms with E-state index in [0.29, 0.717) is 5.82 Å². The smallest absolute Gasteiger partial charge is 0.308 e. The van der Waals surface area contributed by atoms with Crippen LogP contribution in [0, 0.1) is 0 Å². The fourth-order valence-corrected chi connectivity index (χ4v) is 1.51. The third kappa shape index (κ3) is 3.18. The molecule has 0 aliphatic carbocycles. The van der Waals surface area contributed by atoms with Gasteiger partial charge in [-0.15, -0.1) is 0 Å². The predicted molar refractivity (Wildman–Crippen MR) is 67.9 cm³/mol. The Kier molecular flexibility index (Phi) is 3.60. The number of nitrogens with one attached hydrogen (secondary N) is 3. The molecule has 0 saturated heterocycles. The fourth-order valence-electron chi connectivity index (χ4n) is 1.51. The number of H-pyrrole nitrogens is 2. The molecule has 100 valence electrons. The van der Waals surface area contributed by atoms with Gasteiger partial charge in [-0.1, -0.05) is 6.92 Å². The fraction of sp³-hybridized carbons (Fsp3) is 0.273. The van der Waals surface area contributed by atoms with Crippen LogP contribution in [-0.2, 0) is 17.8 Å². The quantitative estimate of drug-likeness (QED) is 0.687. The number of carbonyl (C=O) groups excluding carboxylic acids is 1. The minimum absolute atomic E-state index is 0.191. The van der Waals surface area contributed by atoms with Gasteiger partial charge >= 0.3 is 5.69 Å². The highest BCUT2D eigenvalue weighted by Crippen LogP contribution is 2.05. The van der Waals surface area contributed by atoms with Crippen molar-refractivity contribution in [1.82, 2.24) is 19.7 Å². The Morgan fingerprint density at radius 2 is 2.26 bits per heavy atom. The molecule has 0 saturated carbocycles. The second kappa shape index (κ2) is 5.34. The molecule has 0 fully saturated rings. The second-order valence-corrected chi connectivity index (χ2v) is 3.92. The second-order valence-electron chi connectivity index (χ2n) is 3.92. The highest BCUT2D eigenvalue weighted by molar-refractivity contribution is 5.89. The van der Waals surface area contributed by atoms with E-state index in [-0.39, 0.29) is 6.54 Å². The summed E-state index contributed by atoms with van der Waals surface area (Å²) in [6, 6.07) is 2.89. The number of aromatic amines is 2. The van der Waals surface area contributed by atoms with Crippen molar-refractivity contribution in [3.05, 3.63) is 44.9 Å². The van der Waals surface area contributed by atoms with Crippen LogP contribution in [0.1, 0.15) is 12.6 Å². The monoisotopic (exact) mass is 263 g/mol. The topological polar surface area (TPSA) is 113 Å². The zero-order valence-corrected chi connectivity index (χ0v) is 10.3. The molecular formula is C11H13N5O3. The molecule has 19 heavy (non-hydrogen) atoms. The number of hydrogen-bond acceptors (Lipinski definition) is 4. The first kappa shape index (κ1) is 12.8. The van der Waals surface area contributed by atoms with Gasteiger partial charge in [0, 0.05) is 24.0 Å². The molecular weight excluding hydrogens is 250 g/mol. The number of nitrogens with zero attached hydrogens (tertiary/aromatic N) is 2. The van der Waals surface area contributed by atoms with Gasteiger partial charge < -0.3 is 5.32 Å². The molecule has 2 rings (SSSR count). The van der Waals surface area contributed by atoms with Crippen LogP contribution < -0.4 is 16.6 Å². The highest BCUT2D eigenvalue weighted by atomic mass is 16.2. The van der Waals surface area contributed by atoms with E-state index >= 15 is 0 Å². The van der Waals surface area contributed by atoms with Crippen LogP contribution in [0.4, 0.5) is 5.82 Å². The maximum Gasteiger partial charge on any atom is 0.328 e. The summed E-state index contributed by atoms with van der Waals surface area (Å²) in [6.07, 6.45) is 2.05. The third-order valence-corrected chi connectivity index (χ3v) is 2.49. The van der Waals surface area contributed by atoms with E-state index in [0.717, 1.165) is 16.7 Å². The maximum atomic E-state index is 11.7. The van der Waals surface area contributed by atoms with Crippen molar-refractivity contribution in [1.29, 1.82) is 0 Å². The van der Waals surface area contributed by atoms with Gasteiger partial charge in [-0.2, -0.15) is 5.10 Å².